The van der Waals surface area contributed by atoms with Crippen molar-refractivity contribution < 1.29 is 9.37 Å². The molecule has 1 N–H and O–H groups in total. The summed E-state index contributed by atoms with van der Waals surface area (Å²) in [7, 11) is 1.92. The number of hydrogen-bond donors (Lipinski definition) is 1. The predicted molar refractivity (Wildman–Crippen MR) is 70.3 cm³/mol. The van der Waals surface area contributed by atoms with Crippen LogP contribution >= 0.6 is 15.9 Å². The summed E-state index contributed by atoms with van der Waals surface area (Å²) in [5, 5.41) is 10.6. The van der Waals surface area contributed by atoms with Crippen LogP contribution in [0.4, 0.5) is 0 Å². The molecule has 0 aliphatic heterocycles. The zero-order valence-corrected chi connectivity index (χ0v) is 11.8. The topological polar surface area (TPSA) is 60.2 Å². The Kier molecular flexibility index (Phi) is 4.33. The maximum atomic E-state index is 5.67. The van der Waals surface area contributed by atoms with Gasteiger partial charge >= 0.3 is 0 Å². The second-order valence-electron chi connectivity index (χ2n) is 3.88. The molecule has 2 aromatic rings. The van der Waals surface area contributed by atoms with Gasteiger partial charge in [0.05, 0.1) is 4.47 Å². The summed E-state index contributed by atoms with van der Waals surface area (Å²) >= 11 is 3.49. The van der Waals surface area contributed by atoms with E-state index in [1.54, 1.807) is 0 Å². The van der Waals surface area contributed by atoms with E-state index >= 15 is 0 Å². The lowest BCUT2D eigenvalue weighted by Crippen LogP contribution is -2.05. The quantitative estimate of drug-likeness (QED) is 0.919. The van der Waals surface area contributed by atoms with Crippen LogP contribution in [0.15, 0.2) is 27.3 Å². The van der Waals surface area contributed by atoms with Crippen LogP contribution in [-0.2, 0) is 13.2 Å². The van der Waals surface area contributed by atoms with E-state index in [9.17, 15) is 0 Å². The van der Waals surface area contributed by atoms with Crippen LogP contribution in [-0.4, -0.2) is 17.4 Å². The number of aryl methyl sites for hydroxylation is 1. The fourth-order valence-corrected chi connectivity index (χ4v) is 2.04. The fraction of sp³-hybridized carbons (Fsp3) is 0.333. The minimum absolute atomic E-state index is 0.347. The third kappa shape index (κ3) is 3.08. The van der Waals surface area contributed by atoms with Crippen molar-refractivity contribution in [1.29, 1.82) is 0 Å². The number of halogens is 1. The second kappa shape index (κ2) is 5.97. The molecule has 1 aromatic carbocycles. The van der Waals surface area contributed by atoms with Crippen LogP contribution in [0.1, 0.15) is 17.0 Å². The number of benzene rings is 1. The Bertz CT molecular complexity index is 528. The van der Waals surface area contributed by atoms with E-state index in [0.29, 0.717) is 12.3 Å². The summed E-state index contributed by atoms with van der Waals surface area (Å²) in [6, 6.07) is 5.98. The van der Waals surface area contributed by atoms with Crippen LogP contribution in [0.3, 0.4) is 0 Å². The first kappa shape index (κ1) is 13.0. The molecule has 0 amide bonds. The number of nitrogens with zero attached hydrogens (tertiary/aromatic N) is 2. The zero-order valence-electron chi connectivity index (χ0n) is 10.2. The summed E-state index contributed by atoms with van der Waals surface area (Å²) < 4.78 is 11.2. The molecular weight excluding hydrogens is 298 g/mol. The van der Waals surface area contributed by atoms with Crippen LogP contribution in [0, 0.1) is 6.92 Å². The summed E-state index contributed by atoms with van der Waals surface area (Å²) in [5.41, 5.74) is 2.65. The molecular formula is C12H14BrN3O2. The smallest absolute Gasteiger partial charge is 0.145 e. The average molecular weight is 312 g/mol. The Hall–Kier alpha value is -1.40. The van der Waals surface area contributed by atoms with E-state index in [-0.39, 0.29) is 0 Å². The first-order chi connectivity index (χ1) is 8.70. The van der Waals surface area contributed by atoms with E-state index < -0.39 is 0 Å². The van der Waals surface area contributed by atoms with Gasteiger partial charge in [0.2, 0.25) is 0 Å². The molecule has 18 heavy (non-hydrogen) atoms. The van der Waals surface area contributed by atoms with Crippen molar-refractivity contribution in [1.82, 2.24) is 15.6 Å². The Morgan fingerprint density at radius 3 is 2.83 bits per heavy atom. The van der Waals surface area contributed by atoms with Crippen molar-refractivity contribution in [3.05, 3.63) is 39.6 Å². The molecule has 96 valence electrons. The number of ether oxygens (including phenoxy) is 1. The lowest BCUT2D eigenvalue weighted by molar-refractivity contribution is 0.269. The van der Waals surface area contributed by atoms with Crippen molar-refractivity contribution in [2.45, 2.75) is 20.1 Å². The van der Waals surface area contributed by atoms with Crippen LogP contribution in [0.5, 0.6) is 5.75 Å². The highest BCUT2D eigenvalue weighted by atomic mass is 79.9. The maximum absolute atomic E-state index is 5.67. The van der Waals surface area contributed by atoms with Crippen molar-refractivity contribution in [3.8, 4) is 5.75 Å². The lowest BCUT2D eigenvalue weighted by Gasteiger charge is -2.08. The number of hydrogen-bond acceptors (Lipinski definition) is 5. The standard InChI is InChI=1S/C12H14BrN3O2/c1-8-11(16-18-15-8)7-17-12-4-3-9(6-14-2)5-10(12)13/h3-5,14H,6-7H2,1-2H3. The van der Waals surface area contributed by atoms with Crippen molar-refractivity contribution in [2.75, 3.05) is 7.05 Å². The SMILES string of the molecule is CNCc1ccc(OCc2nonc2C)c(Br)c1. The molecule has 0 unspecified atom stereocenters. The first-order valence-corrected chi connectivity index (χ1v) is 6.34. The van der Waals surface area contributed by atoms with E-state index in [1.165, 1.54) is 5.56 Å². The van der Waals surface area contributed by atoms with Crippen molar-refractivity contribution in [3.63, 3.8) is 0 Å². The molecule has 6 heteroatoms. The molecule has 0 aliphatic rings. The van der Waals surface area contributed by atoms with E-state index in [4.69, 9.17) is 4.74 Å². The van der Waals surface area contributed by atoms with E-state index in [0.717, 1.165) is 22.5 Å². The monoisotopic (exact) mass is 311 g/mol. The summed E-state index contributed by atoms with van der Waals surface area (Å²) in [4.78, 5) is 0. The Morgan fingerprint density at radius 1 is 1.39 bits per heavy atom. The summed E-state index contributed by atoms with van der Waals surface area (Å²) in [6.45, 7) is 3.00. The number of nitrogens with one attached hydrogen (secondary N) is 1. The molecule has 2 rings (SSSR count). The summed E-state index contributed by atoms with van der Waals surface area (Å²) in [6.07, 6.45) is 0. The third-order valence-corrected chi connectivity index (χ3v) is 3.11. The van der Waals surface area contributed by atoms with Crippen LogP contribution < -0.4 is 10.1 Å². The van der Waals surface area contributed by atoms with Gasteiger partial charge in [-0.25, -0.2) is 4.63 Å². The van der Waals surface area contributed by atoms with Gasteiger partial charge in [0.25, 0.3) is 0 Å². The van der Waals surface area contributed by atoms with Gasteiger partial charge in [-0.1, -0.05) is 16.4 Å². The van der Waals surface area contributed by atoms with Gasteiger partial charge in [-0.05, 0) is 47.6 Å². The largest absolute Gasteiger partial charge is 0.486 e. The molecule has 0 aliphatic carbocycles. The molecule has 1 aromatic heterocycles. The molecule has 0 bridgehead atoms. The van der Waals surface area contributed by atoms with Gasteiger partial charge in [-0.15, -0.1) is 0 Å². The lowest BCUT2D eigenvalue weighted by atomic mass is 10.2. The maximum Gasteiger partial charge on any atom is 0.145 e. The second-order valence-corrected chi connectivity index (χ2v) is 4.73. The fourth-order valence-electron chi connectivity index (χ4n) is 1.50. The Morgan fingerprint density at radius 2 is 2.22 bits per heavy atom. The Labute approximate surface area is 114 Å². The molecule has 0 saturated carbocycles. The highest BCUT2D eigenvalue weighted by molar-refractivity contribution is 9.10. The molecule has 1 heterocycles. The average Bonchev–Trinajstić information content (AvgIpc) is 2.74. The van der Waals surface area contributed by atoms with Crippen LogP contribution in [0.2, 0.25) is 0 Å². The zero-order chi connectivity index (χ0) is 13.0. The molecule has 0 fully saturated rings. The number of aromatic nitrogens is 2. The molecule has 0 saturated heterocycles. The van der Waals surface area contributed by atoms with Gasteiger partial charge in [0.15, 0.2) is 0 Å². The van der Waals surface area contributed by atoms with Gasteiger partial charge in [0.1, 0.15) is 23.7 Å². The third-order valence-electron chi connectivity index (χ3n) is 2.49. The number of rotatable bonds is 5. The highest BCUT2D eigenvalue weighted by Crippen LogP contribution is 2.26. The van der Waals surface area contributed by atoms with Gasteiger partial charge < -0.3 is 10.1 Å². The minimum atomic E-state index is 0.347. The van der Waals surface area contributed by atoms with Gasteiger partial charge in [-0.3, -0.25) is 0 Å². The van der Waals surface area contributed by atoms with Crippen LogP contribution in [0.25, 0.3) is 0 Å². The highest BCUT2D eigenvalue weighted by Gasteiger charge is 2.08. The molecule has 0 spiro atoms. The Balaban J connectivity index is 2.03. The van der Waals surface area contributed by atoms with E-state index in [2.05, 4.69) is 36.2 Å². The normalized spacial score (nSPS) is 10.6. The van der Waals surface area contributed by atoms with Gasteiger partial charge in [0, 0.05) is 6.54 Å². The molecule has 0 radical (unpaired) electrons. The van der Waals surface area contributed by atoms with Crippen molar-refractivity contribution >= 4 is 15.9 Å². The molecule has 0 atom stereocenters. The van der Waals surface area contributed by atoms with Gasteiger partial charge in [-0.2, -0.15) is 0 Å². The predicted octanol–water partition coefficient (Wildman–Crippen LogP) is 2.44. The van der Waals surface area contributed by atoms with Crippen molar-refractivity contribution in [2.24, 2.45) is 0 Å². The van der Waals surface area contributed by atoms with E-state index in [1.807, 2.05) is 32.2 Å². The molecule has 5 nitrogen and oxygen atoms in total. The summed E-state index contributed by atoms with van der Waals surface area (Å²) in [5.74, 6) is 0.775. The minimum Gasteiger partial charge on any atom is -0.486 e. The first-order valence-electron chi connectivity index (χ1n) is 5.54.